The van der Waals surface area contributed by atoms with Crippen LogP contribution in [0.3, 0.4) is 0 Å². The molecule has 1 N–H and O–H groups in total. The molecule has 0 aliphatic rings. The predicted octanol–water partition coefficient (Wildman–Crippen LogP) is 3.08. The van der Waals surface area contributed by atoms with Gasteiger partial charge in [0, 0.05) is 18.3 Å². The highest BCUT2D eigenvalue weighted by molar-refractivity contribution is 6.03. The van der Waals surface area contributed by atoms with Gasteiger partial charge in [-0.2, -0.15) is 5.10 Å². The second-order valence-electron chi connectivity index (χ2n) is 6.36. The predicted molar refractivity (Wildman–Crippen MR) is 91.9 cm³/mol. The van der Waals surface area contributed by atoms with Gasteiger partial charge in [-0.25, -0.2) is 4.68 Å². The first-order valence-electron chi connectivity index (χ1n) is 7.75. The molecule has 23 heavy (non-hydrogen) atoms. The Morgan fingerprint density at radius 2 is 1.78 bits per heavy atom. The lowest BCUT2D eigenvalue weighted by Gasteiger charge is -2.13. The molecule has 2 rings (SSSR count). The summed E-state index contributed by atoms with van der Waals surface area (Å²) in [5.74, 6) is -0.0299. The minimum atomic E-state index is -0.308. The minimum absolute atomic E-state index is 0.196. The van der Waals surface area contributed by atoms with E-state index in [-0.39, 0.29) is 23.1 Å². The van der Waals surface area contributed by atoms with Crippen LogP contribution >= 0.6 is 0 Å². The topological polar surface area (TPSA) is 64.0 Å². The number of hydrogen-bond acceptors (Lipinski definition) is 3. The second-order valence-corrected chi connectivity index (χ2v) is 6.36. The van der Waals surface area contributed by atoms with Gasteiger partial charge < -0.3 is 5.32 Å². The number of amides is 1. The van der Waals surface area contributed by atoms with Gasteiger partial charge in [0.15, 0.2) is 0 Å². The van der Waals surface area contributed by atoms with E-state index in [4.69, 9.17) is 0 Å². The lowest BCUT2D eigenvalue weighted by molar-refractivity contribution is 0.101. The molecule has 0 spiro atoms. The molecule has 0 aliphatic carbocycles. The number of benzene rings is 1. The van der Waals surface area contributed by atoms with Crippen LogP contribution in [0.5, 0.6) is 0 Å². The van der Waals surface area contributed by atoms with Gasteiger partial charge in [-0.3, -0.25) is 9.59 Å². The number of aromatic nitrogens is 2. The van der Waals surface area contributed by atoms with E-state index in [0.717, 1.165) is 22.4 Å². The third-order valence-corrected chi connectivity index (χ3v) is 3.55. The maximum Gasteiger partial charge on any atom is 0.276 e. The van der Waals surface area contributed by atoms with E-state index in [2.05, 4.69) is 10.4 Å². The third-order valence-electron chi connectivity index (χ3n) is 3.55. The van der Waals surface area contributed by atoms with Gasteiger partial charge in [-0.15, -0.1) is 0 Å². The van der Waals surface area contributed by atoms with Gasteiger partial charge in [0.2, 0.25) is 0 Å². The lowest BCUT2D eigenvalue weighted by Crippen LogP contribution is -2.28. The van der Waals surface area contributed by atoms with Crippen LogP contribution < -0.4 is 10.9 Å². The summed E-state index contributed by atoms with van der Waals surface area (Å²) in [4.78, 5) is 24.3. The Hall–Kier alpha value is -2.43. The fourth-order valence-electron chi connectivity index (χ4n) is 2.60. The third kappa shape index (κ3) is 4.06. The van der Waals surface area contributed by atoms with Crippen LogP contribution in [-0.4, -0.2) is 15.7 Å². The number of aryl methyl sites for hydroxylation is 3. The van der Waals surface area contributed by atoms with Crippen molar-refractivity contribution in [3.63, 3.8) is 0 Å². The van der Waals surface area contributed by atoms with Crippen LogP contribution in [0, 0.1) is 26.7 Å². The smallest absolute Gasteiger partial charge is 0.276 e. The first-order valence-corrected chi connectivity index (χ1v) is 7.75. The SMILES string of the molecule is Cc1cc(C)c(NC(=O)c2ccc(=O)n(CC(C)C)n2)c(C)c1. The fraction of sp³-hybridized carbons (Fsp3) is 0.389. The zero-order valence-electron chi connectivity index (χ0n) is 14.3. The Labute approximate surface area is 136 Å². The van der Waals surface area contributed by atoms with Crippen molar-refractivity contribution < 1.29 is 4.79 Å². The molecule has 1 aromatic heterocycles. The summed E-state index contributed by atoms with van der Waals surface area (Å²) >= 11 is 0. The minimum Gasteiger partial charge on any atom is -0.320 e. The standard InChI is InChI=1S/C18H23N3O2/c1-11(2)10-21-16(22)7-6-15(20-21)18(23)19-17-13(4)8-12(3)9-14(17)5/h6-9,11H,10H2,1-5H3,(H,19,23). The van der Waals surface area contributed by atoms with Crippen molar-refractivity contribution in [1.82, 2.24) is 9.78 Å². The maximum absolute atomic E-state index is 12.5. The molecule has 0 unspecified atom stereocenters. The van der Waals surface area contributed by atoms with Crippen LogP contribution in [-0.2, 0) is 6.54 Å². The molecule has 0 saturated heterocycles. The number of nitrogens with zero attached hydrogens (tertiary/aromatic N) is 2. The number of hydrogen-bond donors (Lipinski definition) is 1. The molecule has 122 valence electrons. The largest absolute Gasteiger partial charge is 0.320 e. The molecule has 0 saturated carbocycles. The Bertz CT molecular complexity index is 768. The fourth-order valence-corrected chi connectivity index (χ4v) is 2.60. The van der Waals surface area contributed by atoms with Crippen LogP contribution in [0.25, 0.3) is 0 Å². The summed E-state index contributed by atoms with van der Waals surface area (Å²) in [7, 11) is 0. The van der Waals surface area contributed by atoms with E-state index in [9.17, 15) is 9.59 Å². The van der Waals surface area contributed by atoms with Crippen molar-refractivity contribution >= 4 is 11.6 Å². The van der Waals surface area contributed by atoms with E-state index >= 15 is 0 Å². The first kappa shape index (κ1) is 16.9. The summed E-state index contributed by atoms with van der Waals surface area (Å²) in [6.07, 6.45) is 0. The normalized spacial score (nSPS) is 10.9. The second kappa shape index (κ2) is 6.77. The Morgan fingerprint density at radius 1 is 1.17 bits per heavy atom. The highest BCUT2D eigenvalue weighted by Gasteiger charge is 2.13. The number of nitrogens with one attached hydrogen (secondary N) is 1. The van der Waals surface area contributed by atoms with E-state index in [1.165, 1.54) is 16.8 Å². The number of carbonyl (C=O) groups is 1. The monoisotopic (exact) mass is 313 g/mol. The van der Waals surface area contributed by atoms with E-state index in [1.54, 1.807) is 0 Å². The van der Waals surface area contributed by atoms with Gasteiger partial charge in [0.05, 0.1) is 0 Å². The first-order chi connectivity index (χ1) is 10.8. The average molecular weight is 313 g/mol. The molecular formula is C18H23N3O2. The van der Waals surface area contributed by atoms with E-state index in [0.29, 0.717) is 6.54 Å². The van der Waals surface area contributed by atoms with Crippen LogP contribution in [0.1, 0.15) is 41.0 Å². The molecule has 2 aromatic rings. The molecule has 0 bridgehead atoms. The summed E-state index contributed by atoms with van der Waals surface area (Å²) in [5, 5.41) is 7.08. The summed E-state index contributed by atoms with van der Waals surface area (Å²) in [5.41, 5.74) is 4.01. The Kier molecular flexibility index (Phi) is 4.98. The molecule has 5 nitrogen and oxygen atoms in total. The number of carbonyl (C=O) groups excluding carboxylic acids is 1. The maximum atomic E-state index is 12.5. The van der Waals surface area contributed by atoms with Crippen LogP contribution in [0.2, 0.25) is 0 Å². The van der Waals surface area contributed by atoms with Crippen LogP contribution in [0.4, 0.5) is 5.69 Å². The van der Waals surface area contributed by atoms with Crippen LogP contribution in [0.15, 0.2) is 29.1 Å². The molecule has 0 radical (unpaired) electrons. The molecule has 5 heteroatoms. The Morgan fingerprint density at radius 3 is 2.35 bits per heavy atom. The molecule has 1 amide bonds. The van der Waals surface area contributed by atoms with Crippen molar-refractivity contribution in [2.24, 2.45) is 5.92 Å². The quantitative estimate of drug-likeness (QED) is 0.943. The molecule has 1 heterocycles. The molecular weight excluding hydrogens is 290 g/mol. The molecule has 1 aromatic carbocycles. The number of rotatable bonds is 4. The highest BCUT2D eigenvalue weighted by Crippen LogP contribution is 2.22. The average Bonchev–Trinajstić information content (AvgIpc) is 2.44. The van der Waals surface area contributed by atoms with Gasteiger partial charge in [-0.1, -0.05) is 31.5 Å². The summed E-state index contributed by atoms with van der Waals surface area (Å²) in [6, 6.07) is 6.90. The molecule has 0 fully saturated rings. The lowest BCUT2D eigenvalue weighted by atomic mass is 10.1. The zero-order valence-corrected chi connectivity index (χ0v) is 14.3. The van der Waals surface area contributed by atoms with Crippen molar-refractivity contribution in [3.05, 3.63) is 57.0 Å². The van der Waals surface area contributed by atoms with Gasteiger partial charge in [0.25, 0.3) is 11.5 Å². The van der Waals surface area contributed by atoms with Crippen molar-refractivity contribution in [2.45, 2.75) is 41.2 Å². The molecule has 0 atom stereocenters. The zero-order chi connectivity index (χ0) is 17.1. The summed E-state index contributed by atoms with van der Waals surface area (Å²) in [6.45, 7) is 10.4. The van der Waals surface area contributed by atoms with Gasteiger partial charge >= 0.3 is 0 Å². The van der Waals surface area contributed by atoms with Gasteiger partial charge in [0.1, 0.15) is 5.69 Å². The number of anilines is 1. The molecule has 0 aliphatic heterocycles. The van der Waals surface area contributed by atoms with Gasteiger partial charge in [-0.05, 0) is 43.9 Å². The van der Waals surface area contributed by atoms with E-state index < -0.39 is 0 Å². The van der Waals surface area contributed by atoms with E-state index in [1.807, 2.05) is 46.8 Å². The van der Waals surface area contributed by atoms with Crippen molar-refractivity contribution in [3.8, 4) is 0 Å². The van der Waals surface area contributed by atoms with Crippen molar-refractivity contribution in [1.29, 1.82) is 0 Å². The Balaban J connectivity index is 2.30. The summed E-state index contributed by atoms with van der Waals surface area (Å²) < 4.78 is 1.34. The van der Waals surface area contributed by atoms with Crippen molar-refractivity contribution in [2.75, 3.05) is 5.32 Å². The highest BCUT2D eigenvalue weighted by atomic mass is 16.2.